The zero-order chi connectivity index (χ0) is 28.1. The van der Waals surface area contributed by atoms with Crippen LogP contribution < -0.4 is 15.0 Å². The van der Waals surface area contributed by atoms with E-state index in [1.54, 1.807) is 18.9 Å². The minimum absolute atomic E-state index is 0.0366. The molecule has 3 aliphatic rings. The molecule has 3 fully saturated rings. The highest BCUT2D eigenvalue weighted by atomic mass is 35.5. The molecule has 2 aromatic carbocycles. The smallest absolute Gasteiger partial charge is 0.260 e. The van der Waals surface area contributed by atoms with Gasteiger partial charge in [-0.25, -0.2) is 0 Å². The molecule has 1 saturated carbocycles. The Labute approximate surface area is 246 Å². The van der Waals surface area contributed by atoms with Crippen LogP contribution in [0.25, 0.3) is 6.08 Å². The molecule has 40 heavy (non-hydrogen) atoms. The van der Waals surface area contributed by atoms with Crippen LogP contribution in [0, 0.1) is 5.92 Å². The van der Waals surface area contributed by atoms with Crippen LogP contribution in [0.1, 0.15) is 31.2 Å². The number of amides is 2. The normalized spacial score (nSPS) is 24.6. The minimum atomic E-state index is -0.0366. The van der Waals surface area contributed by atoms with Gasteiger partial charge in [-0.3, -0.25) is 14.5 Å². The third kappa shape index (κ3) is 6.96. The number of halogens is 1. The molecule has 0 aromatic heterocycles. The molecule has 2 heterocycles. The van der Waals surface area contributed by atoms with Crippen molar-refractivity contribution < 1.29 is 14.3 Å². The maximum Gasteiger partial charge on any atom is 0.260 e. The first-order valence-corrected chi connectivity index (χ1v) is 15.5. The number of methoxy groups -OCH3 is 1. The number of hydrogen-bond donors (Lipinski definition) is 1. The Morgan fingerprint density at radius 2 is 1.90 bits per heavy atom. The maximum atomic E-state index is 13.2. The van der Waals surface area contributed by atoms with Crippen molar-refractivity contribution in [2.75, 3.05) is 58.3 Å². The molecule has 0 bridgehead atoms. The molecule has 0 radical (unpaired) electrons. The Hall–Kier alpha value is -2.68. The van der Waals surface area contributed by atoms with Gasteiger partial charge >= 0.3 is 0 Å². The lowest BCUT2D eigenvalue weighted by Crippen LogP contribution is -2.52. The quantitative estimate of drug-likeness (QED) is 0.358. The van der Waals surface area contributed by atoms with Crippen LogP contribution in [0.5, 0.6) is 5.75 Å². The number of ether oxygens (including phenoxy) is 1. The molecular weight excluding hydrogens is 544 g/mol. The molecule has 7 nitrogen and oxygen atoms in total. The van der Waals surface area contributed by atoms with E-state index in [9.17, 15) is 9.59 Å². The fourth-order valence-electron chi connectivity index (χ4n) is 5.95. The lowest BCUT2D eigenvalue weighted by Gasteiger charge is -2.44. The summed E-state index contributed by atoms with van der Waals surface area (Å²) in [4.78, 5) is 33.7. The van der Waals surface area contributed by atoms with Gasteiger partial charge in [0, 0.05) is 67.7 Å². The number of fused-ring (bicyclic) bond motifs is 1. The zero-order valence-electron chi connectivity index (χ0n) is 23.4. The summed E-state index contributed by atoms with van der Waals surface area (Å²) in [5.41, 5.74) is 2.17. The fourth-order valence-corrected chi connectivity index (χ4v) is 7.61. The summed E-state index contributed by atoms with van der Waals surface area (Å²) in [5.74, 6) is 0.935. The Kier molecular flexibility index (Phi) is 9.60. The van der Waals surface area contributed by atoms with Crippen LogP contribution >= 0.6 is 23.4 Å². The molecule has 1 N–H and O–H groups in total. The average Bonchev–Trinajstić information content (AvgIpc) is 2.98. The minimum Gasteiger partial charge on any atom is -0.497 e. The predicted molar refractivity (Wildman–Crippen MR) is 164 cm³/mol. The number of nitrogens with zero attached hydrogens (tertiary/aromatic N) is 3. The van der Waals surface area contributed by atoms with Crippen molar-refractivity contribution in [2.45, 2.75) is 37.0 Å². The van der Waals surface area contributed by atoms with Gasteiger partial charge < -0.3 is 19.9 Å². The Morgan fingerprint density at radius 1 is 1.12 bits per heavy atom. The summed E-state index contributed by atoms with van der Waals surface area (Å²) in [5, 5.41) is 4.28. The van der Waals surface area contributed by atoms with E-state index in [4.69, 9.17) is 16.3 Å². The van der Waals surface area contributed by atoms with E-state index in [-0.39, 0.29) is 23.8 Å². The van der Waals surface area contributed by atoms with Gasteiger partial charge in [-0.15, -0.1) is 11.8 Å². The largest absolute Gasteiger partial charge is 0.497 e. The molecular formula is C31H39ClN4O3S. The van der Waals surface area contributed by atoms with Gasteiger partial charge in [-0.05, 0) is 74.2 Å². The van der Waals surface area contributed by atoms with Gasteiger partial charge in [0.15, 0.2) is 0 Å². The molecule has 2 amide bonds. The number of carbonyl (C=O) groups is 2. The molecule has 0 spiro atoms. The number of benzene rings is 2. The highest BCUT2D eigenvalue weighted by Gasteiger charge is 2.42. The topological polar surface area (TPSA) is 65.1 Å². The van der Waals surface area contributed by atoms with Crippen molar-refractivity contribution in [3.63, 3.8) is 0 Å². The lowest BCUT2D eigenvalue weighted by molar-refractivity contribution is -0.131. The molecule has 214 valence electrons. The molecule has 3 atom stereocenters. The van der Waals surface area contributed by atoms with E-state index in [2.05, 4.69) is 21.2 Å². The predicted octanol–water partition coefficient (Wildman–Crippen LogP) is 4.76. The second kappa shape index (κ2) is 13.3. The second-order valence-corrected chi connectivity index (χ2v) is 12.6. The standard InChI is InChI=1S/C31H39ClN4O3S/c1-34-27-20-23(9-12-28(27)40-29(31(34)38)19-22-7-10-26(39-2)11-8-22)30(37)33-13-4-14-35-15-17-36(18-16-35)25-6-3-5-24(32)21-25/h3,5-8,10-11,19,21,23,27-28H,4,9,12-18,20H2,1-2H3,(H,33,37)/b29-19-. The molecule has 1 aliphatic carbocycles. The number of thioether (sulfide) groups is 1. The first-order chi connectivity index (χ1) is 19.4. The number of anilines is 1. The van der Waals surface area contributed by atoms with Gasteiger partial charge in [-0.2, -0.15) is 0 Å². The fraction of sp³-hybridized carbons (Fsp3) is 0.484. The molecule has 3 unspecified atom stereocenters. The molecule has 9 heteroatoms. The first kappa shape index (κ1) is 28.8. The number of likely N-dealkylation sites (N-methyl/N-ethyl adjacent to an activating group) is 1. The Balaban J connectivity index is 1.04. The number of piperazine rings is 1. The van der Waals surface area contributed by atoms with E-state index in [0.29, 0.717) is 11.8 Å². The number of rotatable bonds is 8. The summed E-state index contributed by atoms with van der Waals surface area (Å²) in [6, 6.07) is 15.9. The average molecular weight is 583 g/mol. The number of hydrogen-bond acceptors (Lipinski definition) is 6. The number of carbonyl (C=O) groups excluding carboxylic acids is 2. The van der Waals surface area contributed by atoms with Crippen LogP contribution in [0.3, 0.4) is 0 Å². The van der Waals surface area contributed by atoms with Crippen molar-refractivity contribution in [2.24, 2.45) is 5.92 Å². The van der Waals surface area contributed by atoms with E-state index in [1.165, 1.54) is 5.69 Å². The lowest BCUT2D eigenvalue weighted by atomic mass is 9.83. The van der Waals surface area contributed by atoms with Crippen LogP contribution in [-0.2, 0) is 9.59 Å². The van der Waals surface area contributed by atoms with Crippen molar-refractivity contribution >= 4 is 46.9 Å². The van der Waals surface area contributed by atoms with E-state index >= 15 is 0 Å². The second-order valence-electron chi connectivity index (χ2n) is 10.9. The molecule has 2 aromatic rings. The highest BCUT2D eigenvalue weighted by Crippen LogP contribution is 2.43. The molecule has 2 saturated heterocycles. The van der Waals surface area contributed by atoms with Crippen LogP contribution in [0.2, 0.25) is 5.02 Å². The van der Waals surface area contributed by atoms with Gasteiger partial charge in [0.25, 0.3) is 5.91 Å². The van der Waals surface area contributed by atoms with Crippen LogP contribution in [0.4, 0.5) is 5.69 Å². The van der Waals surface area contributed by atoms with Gasteiger partial charge in [-0.1, -0.05) is 29.8 Å². The molecule has 2 aliphatic heterocycles. The summed E-state index contributed by atoms with van der Waals surface area (Å²) in [6.07, 6.45) is 5.43. The third-order valence-electron chi connectivity index (χ3n) is 8.34. The van der Waals surface area contributed by atoms with Crippen LogP contribution in [0.15, 0.2) is 53.4 Å². The van der Waals surface area contributed by atoms with Crippen LogP contribution in [-0.4, -0.2) is 86.3 Å². The third-order valence-corrected chi connectivity index (χ3v) is 9.98. The monoisotopic (exact) mass is 582 g/mol. The summed E-state index contributed by atoms with van der Waals surface area (Å²) >= 11 is 7.83. The molecule has 5 rings (SSSR count). The van der Waals surface area contributed by atoms with Gasteiger partial charge in [0.1, 0.15) is 5.75 Å². The van der Waals surface area contributed by atoms with Crippen molar-refractivity contribution in [3.05, 3.63) is 64.0 Å². The van der Waals surface area contributed by atoms with Crippen molar-refractivity contribution in [1.82, 2.24) is 15.1 Å². The first-order valence-electron chi connectivity index (χ1n) is 14.2. The van der Waals surface area contributed by atoms with Gasteiger partial charge in [0.2, 0.25) is 5.91 Å². The van der Waals surface area contributed by atoms with Crippen molar-refractivity contribution in [3.8, 4) is 5.75 Å². The van der Waals surface area contributed by atoms with E-state index < -0.39 is 0 Å². The summed E-state index contributed by atoms with van der Waals surface area (Å²) in [6.45, 7) is 5.67. The maximum absolute atomic E-state index is 13.2. The number of nitrogens with one attached hydrogen (secondary N) is 1. The highest BCUT2D eigenvalue weighted by molar-refractivity contribution is 8.04. The summed E-state index contributed by atoms with van der Waals surface area (Å²) < 4.78 is 5.24. The zero-order valence-corrected chi connectivity index (χ0v) is 24.9. The Morgan fingerprint density at radius 3 is 2.62 bits per heavy atom. The SMILES string of the molecule is COc1ccc(/C=C2\SC3CCC(C(=O)NCCCN4CCN(c5cccc(Cl)c5)CC4)CC3N(C)C2=O)cc1. The van der Waals surface area contributed by atoms with E-state index in [1.807, 2.05) is 60.5 Å². The van der Waals surface area contributed by atoms with Crippen molar-refractivity contribution in [1.29, 1.82) is 0 Å². The van der Waals surface area contributed by atoms with Gasteiger partial charge in [0.05, 0.1) is 12.0 Å². The van der Waals surface area contributed by atoms with E-state index in [0.717, 1.165) is 79.6 Å². The summed E-state index contributed by atoms with van der Waals surface area (Å²) in [7, 11) is 3.53. The Bertz CT molecular complexity index is 1220.